The molecule has 1 aliphatic rings. The van der Waals surface area contributed by atoms with Gasteiger partial charge in [0.15, 0.2) is 0 Å². The van der Waals surface area contributed by atoms with Crippen LogP contribution in [0.2, 0.25) is 0 Å². The molecule has 0 aliphatic carbocycles. The third-order valence-electron chi connectivity index (χ3n) is 4.90. The van der Waals surface area contributed by atoms with Crippen molar-refractivity contribution >= 4 is 23.4 Å². The number of benzene rings is 2. The lowest BCUT2D eigenvalue weighted by molar-refractivity contribution is 0.0956. The molecule has 3 rings (SSSR count). The van der Waals surface area contributed by atoms with Crippen LogP contribution in [0, 0.1) is 6.92 Å². The predicted octanol–water partition coefficient (Wildman–Crippen LogP) is 4.65. The Labute approximate surface area is 161 Å². The maximum absolute atomic E-state index is 12.3. The van der Waals surface area contributed by atoms with E-state index in [1.165, 1.54) is 36.1 Å². The highest BCUT2D eigenvalue weighted by Crippen LogP contribution is 2.20. The number of hydrogen-bond acceptors (Lipinski definition) is 3. The van der Waals surface area contributed by atoms with Crippen LogP contribution in [0.3, 0.4) is 0 Å². The number of hydrogen-bond donors (Lipinski definition) is 1. The molecule has 1 N–H and O–H groups in total. The number of aryl methyl sites for hydroxylation is 1. The number of piperidine rings is 1. The Bertz CT molecular complexity index is 708. The standard InChI is InChI=1S/C22H28N2OS/c1-18-7-3-4-8-20(18)17-26-16-13-23-22(25)19-9-11-21(12-10-19)24-14-5-2-6-15-24/h3-4,7-12H,2,5-6,13-17H2,1H3,(H,23,25). The molecular formula is C22H28N2OS. The van der Waals surface area contributed by atoms with E-state index in [1.807, 2.05) is 23.9 Å². The van der Waals surface area contributed by atoms with Crippen molar-refractivity contribution in [2.24, 2.45) is 0 Å². The van der Waals surface area contributed by atoms with Gasteiger partial charge in [0.1, 0.15) is 0 Å². The lowest BCUT2D eigenvalue weighted by Gasteiger charge is -2.28. The van der Waals surface area contributed by atoms with Crippen molar-refractivity contribution in [2.45, 2.75) is 31.9 Å². The minimum absolute atomic E-state index is 0.0201. The van der Waals surface area contributed by atoms with E-state index in [9.17, 15) is 4.79 Å². The molecule has 0 radical (unpaired) electrons. The van der Waals surface area contributed by atoms with E-state index in [1.54, 1.807) is 0 Å². The van der Waals surface area contributed by atoms with Gasteiger partial charge in [-0.3, -0.25) is 4.79 Å². The van der Waals surface area contributed by atoms with Gasteiger partial charge in [-0.15, -0.1) is 0 Å². The van der Waals surface area contributed by atoms with E-state index < -0.39 is 0 Å². The molecule has 0 atom stereocenters. The number of carbonyl (C=O) groups is 1. The number of rotatable bonds is 7. The van der Waals surface area contributed by atoms with Gasteiger partial charge in [-0.05, 0) is 61.6 Å². The summed E-state index contributed by atoms with van der Waals surface area (Å²) in [7, 11) is 0. The summed E-state index contributed by atoms with van der Waals surface area (Å²) in [5, 5.41) is 3.03. The molecule has 1 fully saturated rings. The largest absolute Gasteiger partial charge is 0.372 e. The topological polar surface area (TPSA) is 32.3 Å². The highest BCUT2D eigenvalue weighted by molar-refractivity contribution is 7.98. The predicted molar refractivity (Wildman–Crippen MR) is 112 cm³/mol. The second kappa shape index (κ2) is 9.67. The zero-order valence-electron chi connectivity index (χ0n) is 15.5. The summed E-state index contributed by atoms with van der Waals surface area (Å²) in [4.78, 5) is 14.7. The molecule has 4 heteroatoms. The monoisotopic (exact) mass is 368 g/mol. The molecule has 0 saturated carbocycles. The Morgan fingerprint density at radius 1 is 1.04 bits per heavy atom. The maximum Gasteiger partial charge on any atom is 0.251 e. The van der Waals surface area contributed by atoms with Crippen molar-refractivity contribution in [2.75, 3.05) is 30.3 Å². The normalized spacial score (nSPS) is 14.3. The van der Waals surface area contributed by atoms with E-state index in [-0.39, 0.29) is 5.91 Å². The Kier molecular flexibility index (Phi) is 7.01. The number of carbonyl (C=O) groups excluding carboxylic acids is 1. The first-order valence-corrected chi connectivity index (χ1v) is 10.6. The van der Waals surface area contributed by atoms with E-state index in [2.05, 4.69) is 53.5 Å². The van der Waals surface area contributed by atoms with Crippen molar-refractivity contribution in [3.8, 4) is 0 Å². The quantitative estimate of drug-likeness (QED) is 0.722. The number of nitrogens with zero attached hydrogens (tertiary/aromatic N) is 1. The molecule has 2 aromatic carbocycles. The second-order valence-electron chi connectivity index (χ2n) is 6.83. The van der Waals surface area contributed by atoms with Crippen LogP contribution in [0.5, 0.6) is 0 Å². The van der Waals surface area contributed by atoms with Gasteiger partial charge in [0.2, 0.25) is 0 Å². The van der Waals surface area contributed by atoms with Crippen molar-refractivity contribution in [1.82, 2.24) is 5.32 Å². The molecule has 0 aromatic heterocycles. The van der Waals surface area contributed by atoms with Crippen molar-refractivity contribution in [3.63, 3.8) is 0 Å². The molecule has 1 aliphatic heterocycles. The Morgan fingerprint density at radius 3 is 2.50 bits per heavy atom. The number of thioether (sulfide) groups is 1. The molecule has 0 bridgehead atoms. The Balaban J connectivity index is 1.40. The van der Waals surface area contributed by atoms with Crippen LogP contribution in [0.4, 0.5) is 5.69 Å². The first-order chi connectivity index (χ1) is 12.7. The SMILES string of the molecule is Cc1ccccc1CSCCNC(=O)c1ccc(N2CCCCC2)cc1. The van der Waals surface area contributed by atoms with Crippen LogP contribution in [-0.2, 0) is 5.75 Å². The molecule has 1 saturated heterocycles. The van der Waals surface area contributed by atoms with E-state index in [0.717, 1.165) is 30.2 Å². The summed E-state index contributed by atoms with van der Waals surface area (Å²) in [6.07, 6.45) is 3.86. The van der Waals surface area contributed by atoms with Crippen molar-refractivity contribution in [3.05, 3.63) is 65.2 Å². The zero-order chi connectivity index (χ0) is 18.2. The maximum atomic E-state index is 12.3. The van der Waals surface area contributed by atoms with Crippen LogP contribution in [0.1, 0.15) is 40.7 Å². The van der Waals surface area contributed by atoms with Gasteiger partial charge in [-0.2, -0.15) is 11.8 Å². The summed E-state index contributed by atoms with van der Waals surface area (Å²) >= 11 is 1.86. The first kappa shape index (κ1) is 18.8. The summed E-state index contributed by atoms with van der Waals surface area (Å²) in [6.45, 7) is 5.10. The molecular weight excluding hydrogens is 340 g/mol. The van der Waals surface area contributed by atoms with Crippen molar-refractivity contribution < 1.29 is 4.79 Å². The molecule has 2 aromatic rings. The third-order valence-corrected chi connectivity index (χ3v) is 5.91. The lowest BCUT2D eigenvalue weighted by atomic mass is 10.1. The van der Waals surface area contributed by atoms with Crippen LogP contribution in [0.25, 0.3) is 0 Å². The lowest BCUT2D eigenvalue weighted by Crippen LogP contribution is -2.29. The highest BCUT2D eigenvalue weighted by Gasteiger charge is 2.11. The minimum atomic E-state index is 0.0201. The van der Waals surface area contributed by atoms with Gasteiger partial charge in [0.05, 0.1) is 0 Å². The second-order valence-corrected chi connectivity index (χ2v) is 7.93. The summed E-state index contributed by atoms with van der Waals surface area (Å²) in [5.74, 6) is 1.94. The highest BCUT2D eigenvalue weighted by atomic mass is 32.2. The van der Waals surface area contributed by atoms with Gasteiger partial charge in [-0.1, -0.05) is 24.3 Å². The molecule has 0 unspecified atom stereocenters. The van der Waals surface area contributed by atoms with Gasteiger partial charge < -0.3 is 10.2 Å². The average molecular weight is 369 g/mol. The van der Waals surface area contributed by atoms with Crippen molar-refractivity contribution in [1.29, 1.82) is 0 Å². The third kappa shape index (κ3) is 5.28. The molecule has 3 nitrogen and oxygen atoms in total. The molecule has 0 spiro atoms. The van der Waals surface area contributed by atoms with Gasteiger partial charge >= 0.3 is 0 Å². The average Bonchev–Trinajstić information content (AvgIpc) is 2.70. The first-order valence-electron chi connectivity index (χ1n) is 9.49. The zero-order valence-corrected chi connectivity index (χ0v) is 16.4. The summed E-state index contributed by atoms with van der Waals surface area (Å²) < 4.78 is 0. The smallest absolute Gasteiger partial charge is 0.251 e. The van der Waals surface area contributed by atoms with Gasteiger partial charge in [0, 0.05) is 42.4 Å². The number of nitrogens with one attached hydrogen (secondary N) is 1. The molecule has 138 valence electrons. The van der Waals surface area contributed by atoms with Crippen LogP contribution < -0.4 is 10.2 Å². The fourth-order valence-electron chi connectivity index (χ4n) is 3.27. The molecule has 1 amide bonds. The van der Waals surface area contributed by atoms with Crippen LogP contribution >= 0.6 is 11.8 Å². The minimum Gasteiger partial charge on any atom is -0.372 e. The fraction of sp³-hybridized carbons (Fsp3) is 0.409. The Morgan fingerprint density at radius 2 is 1.77 bits per heavy atom. The molecule has 26 heavy (non-hydrogen) atoms. The van der Waals surface area contributed by atoms with E-state index in [4.69, 9.17) is 0 Å². The van der Waals surface area contributed by atoms with Gasteiger partial charge in [0.25, 0.3) is 5.91 Å². The van der Waals surface area contributed by atoms with E-state index in [0.29, 0.717) is 6.54 Å². The number of amides is 1. The fourth-order valence-corrected chi connectivity index (χ4v) is 4.20. The van der Waals surface area contributed by atoms with Crippen LogP contribution in [0.15, 0.2) is 48.5 Å². The van der Waals surface area contributed by atoms with E-state index >= 15 is 0 Å². The van der Waals surface area contributed by atoms with Crippen LogP contribution in [-0.4, -0.2) is 31.3 Å². The summed E-state index contributed by atoms with van der Waals surface area (Å²) in [6, 6.07) is 16.5. The Hall–Kier alpha value is -1.94. The van der Waals surface area contributed by atoms with Gasteiger partial charge in [-0.25, -0.2) is 0 Å². The summed E-state index contributed by atoms with van der Waals surface area (Å²) in [5.41, 5.74) is 4.68. The number of anilines is 1. The molecule has 1 heterocycles.